The maximum absolute atomic E-state index is 13.6. The van der Waals surface area contributed by atoms with Crippen molar-refractivity contribution in [1.82, 2.24) is 4.90 Å². The third kappa shape index (κ3) is 5.36. The van der Waals surface area contributed by atoms with Crippen LogP contribution < -0.4 is 0 Å². The van der Waals surface area contributed by atoms with Crippen LogP contribution in [0.2, 0.25) is 0 Å². The Labute approximate surface area is 126 Å². The topological polar surface area (TPSA) is 12.5 Å². The van der Waals surface area contributed by atoms with Gasteiger partial charge in [0.05, 0.1) is 6.61 Å². The van der Waals surface area contributed by atoms with Gasteiger partial charge in [0.2, 0.25) is 0 Å². The average Bonchev–Trinajstić information content (AvgIpc) is 2.47. The number of hydrogen-bond donors (Lipinski definition) is 0. The maximum atomic E-state index is 13.6. The third-order valence-corrected chi connectivity index (χ3v) is 4.20. The van der Waals surface area contributed by atoms with Crippen LogP contribution in [0.15, 0.2) is 18.2 Å². The molecule has 1 fully saturated rings. The standard InChI is InChI=1S/C17H25F2NO/c1-2-21-11-10-20-9-3-4-14(13-20)5-6-15-7-8-16(18)12-17(15)19/h7-8,12,14H,2-6,9-11,13H2,1H3/t14-/m0/s1. The van der Waals surface area contributed by atoms with Gasteiger partial charge >= 0.3 is 0 Å². The predicted octanol–water partition coefficient (Wildman–Crippen LogP) is 3.65. The molecule has 0 aromatic heterocycles. The number of ether oxygens (including phenoxy) is 1. The highest BCUT2D eigenvalue weighted by atomic mass is 19.1. The normalized spacial score (nSPS) is 19.9. The molecule has 0 saturated carbocycles. The average molecular weight is 297 g/mol. The van der Waals surface area contributed by atoms with E-state index in [-0.39, 0.29) is 0 Å². The van der Waals surface area contributed by atoms with Crippen molar-refractivity contribution in [2.45, 2.75) is 32.6 Å². The van der Waals surface area contributed by atoms with Crippen LogP contribution in [0, 0.1) is 17.6 Å². The van der Waals surface area contributed by atoms with Gasteiger partial charge in [-0.15, -0.1) is 0 Å². The van der Waals surface area contributed by atoms with Gasteiger partial charge in [0, 0.05) is 25.8 Å². The fourth-order valence-electron chi connectivity index (χ4n) is 3.01. The minimum absolute atomic E-state index is 0.418. The Bertz CT molecular complexity index is 439. The molecule has 1 aliphatic heterocycles. The van der Waals surface area contributed by atoms with Gasteiger partial charge in [0.25, 0.3) is 0 Å². The maximum Gasteiger partial charge on any atom is 0.129 e. The Morgan fingerprint density at radius 2 is 2.19 bits per heavy atom. The largest absolute Gasteiger partial charge is 0.380 e. The highest BCUT2D eigenvalue weighted by molar-refractivity contribution is 5.18. The van der Waals surface area contributed by atoms with Crippen molar-refractivity contribution >= 4 is 0 Å². The Morgan fingerprint density at radius 1 is 1.33 bits per heavy atom. The van der Waals surface area contributed by atoms with Crippen molar-refractivity contribution in [2.24, 2.45) is 5.92 Å². The summed E-state index contributed by atoms with van der Waals surface area (Å²) in [4.78, 5) is 2.44. The summed E-state index contributed by atoms with van der Waals surface area (Å²) in [6.07, 6.45) is 4.06. The quantitative estimate of drug-likeness (QED) is 0.712. The Balaban J connectivity index is 1.77. The van der Waals surface area contributed by atoms with Crippen molar-refractivity contribution in [3.63, 3.8) is 0 Å². The zero-order valence-electron chi connectivity index (χ0n) is 12.8. The molecule has 118 valence electrons. The third-order valence-electron chi connectivity index (χ3n) is 4.20. The molecule has 0 aliphatic carbocycles. The van der Waals surface area contributed by atoms with Gasteiger partial charge in [-0.25, -0.2) is 8.78 Å². The van der Waals surface area contributed by atoms with Crippen LogP contribution in [0.3, 0.4) is 0 Å². The van der Waals surface area contributed by atoms with E-state index in [0.717, 1.165) is 45.3 Å². The van der Waals surface area contributed by atoms with E-state index in [1.807, 2.05) is 6.92 Å². The molecule has 1 saturated heterocycles. The van der Waals surface area contributed by atoms with Crippen LogP contribution in [-0.4, -0.2) is 37.7 Å². The molecule has 2 nitrogen and oxygen atoms in total. The number of piperidine rings is 1. The summed E-state index contributed by atoms with van der Waals surface area (Å²) in [5.41, 5.74) is 0.628. The first-order valence-corrected chi connectivity index (χ1v) is 7.93. The van der Waals surface area contributed by atoms with Crippen molar-refractivity contribution in [2.75, 3.05) is 32.8 Å². The van der Waals surface area contributed by atoms with Gasteiger partial charge in [0.1, 0.15) is 11.6 Å². The number of benzene rings is 1. The molecule has 21 heavy (non-hydrogen) atoms. The lowest BCUT2D eigenvalue weighted by Gasteiger charge is -2.32. The molecule has 0 N–H and O–H groups in total. The van der Waals surface area contributed by atoms with Gasteiger partial charge in [0.15, 0.2) is 0 Å². The fourth-order valence-corrected chi connectivity index (χ4v) is 3.01. The van der Waals surface area contributed by atoms with Gasteiger partial charge in [-0.2, -0.15) is 0 Å². The molecule has 1 atom stereocenters. The second-order valence-corrected chi connectivity index (χ2v) is 5.78. The second-order valence-electron chi connectivity index (χ2n) is 5.78. The van der Waals surface area contributed by atoms with Gasteiger partial charge < -0.3 is 9.64 Å². The van der Waals surface area contributed by atoms with Crippen LogP contribution in [0.25, 0.3) is 0 Å². The lowest BCUT2D eigenvalue weighted by Crippen LogP contribution is -2.37. The van der Waals surface area contributed by atoms with Crippen molar-refractivity contribution in [1.29, 1.82) is 0 Å². The molecule has 0 unspecified atom stereocenters. The van der Waals surface area contributed by atoms with Crippen molar-refractivity contribution < 1.29 is 13.5 Å². The SMILES string of the molecule is CCOCCN1CCC[C@@H](CCc2ccc(F)cc2F)C1. The molecule has 2 rings (SSSR count). The molecule has 0 amide bonds. The summed E-state index contributed by atoms with van der Waals surface area (Å²) < 4.78 is 31.9. The van der Waals surface area contributed by atoms with Crippen LogP contribution in [-0.2, 0) is 11.2 Å². The van der Waals surface area contributed by atoms with Crippen LogP contribution in [0.1, 0.15) is 31.7 Å². The van der Waals surface area contributed by atoms with Crippen LogP contribution in [0.5, 0.6) is 0 Å². The minimum Gasteiger partial charge on any atom is -0.380 e. The highest BCUT2D eigenvalue weighted by Gasteiger charge is 2.19. The molecule has 0 spiro atoms. The number of likely N-dealkylation sites (tertiary alicyclic amines) is 1. The molecule has 1 heterocycles. The van der Waals surface area contributed by atoms with Crippen molar-refractivity contribution in [3.05, 3.63) is 35.4 Å². The molecule has 4 heteroatoms. The zero-order valence-corrected chi connectivity index (χ0v) is 12.8. The molecule has 0 radical (unpaired) electrons. The summed E-state index contributed by atoms with van der Waals surface area (Å²) >= 11 is 0. The Hall–Kier alpha value is -1.00. The van der Waals surface area contributed by atoms with Crippen LogP contribution >= 0.6 is 0 Å². The van der Waals surface area contributed by atoms with Gasteiger partial charge in [-0.1, -0.05) is 6.07 Å². The van der Waals surface area contributed by atoms with Gasteiger partial charge in [-0.3, -0.25) is 0 Å². The monoisotopic (exact) mass is 297 g/mol. The van der Waals surface area contributed by atoms with E-state index in [9.17, 15) is 8.78 Å². The van der Waals surface area contributed by atoms with Crippen molar-refractivity contribution in [3.8, 4) is 0 Å². The molecule has 1 aromatic rings. The minimum atomic E-state index is -0.504. The van der Waals surface area contributed by atoms with E-state index in [1.165, 1.54) is 18.9 Å². The number of nitrogens with zero attached hydrogens (tertiary/aromatic N) is 1. The van der Waals surface area contributed by atoms with E-state index in [4.69, 9.17) is 4.74 Å². The Morgan fingerprint density at radius 3 is 2.95 bits per heavy atom. The predicted molar refractivity (Wildman–Crippen MR) is 80.3 cm³/mol. The molecule has 1 aliphatic rings. The lowest BCUT2D eigenvalue weighted by atomic mass is 9.91. The van der Waals surface area contributed by atoms with E-state index in [1.54, 1.807) is 6.07 Å². The van der Waals surface area contributed by atoms with Crippen LogP contribution in [0.4, 0.5) is 8.78 Å². The summed E-state index contributed by atoms with van der Waals surface area (Å²) in [7, 11) is 0. The molecular formula is C17H25F2NO. The first-order valence-electron chi connectivity index (χ1n) is 7.93. The van der Waals surface area contributed by atoms with E-state index >= 15 is 0 Å². The van der Waals surface area contributed by atoms with E-state index in [2.05, 4.69) is 4.90 Å². The Kier molecular flexibility index (Phi) is 6.58. The number of hydrogen-bond acceptors (Lipinski definition) is 2. The number of rotatable bonds is 7. The smallest absolute Gasteiger partial charge is 0.129 e. The van der Waals surface area contributed by atoms with E-state index < -0.39 is 11.6 Å². The summed E-state index contributed by atoms with van der Waals surface area (Å²) in [6, 6.07) is 3.89. The fraction of sp³-hybridized carbons (Fsp3) is 0.647. The highest BCUT2D eigenvalue weighted by Crippen LogP contribution is 2.22. The first kappa shape index (κ1) is 16.4. The summed E-state index contributed by atoms with van der Waals surface area (Å²) in [6.45, 7) is 6.74. The zero-order chi connectivity index (χ0) is 15.1. The molecule has 1 aromatic carbocycles. The van der Waals surface area contributed by atoms with E-state index in [0.29, 0.717) is 17.9 Å². The summed E-state index contributed by atoms with van der Waals surface area (Å²) in [5, 5.41) is 0. The first-order chi connectivity index (χ1) is 10.2. The lowest BCUT2D eigenvalue weighted by molar-refractivity contribution is 0.0903. The summed E-state index contributed by atoms with van der Waals surface area (Å²) in [5.74, 6) is -0.320. The molecule has 0 bridgehead atoms. The van der Waals surface area contributed by atoms with Gasteiger partial charge in [-0.05, 0) is 56.7 Å². The second kappa shape index (κ2) is 8.44. The molecular weight excluding hydrogens is 272 g/mol. The number of halogens is 2. The number of aryl methyl sites for hydroxylation is 1.